The summed E-state index contributed by atoms with van der Waals surface area (Å²) in [6.07, 6.45) is 1.85. The molecule has 0 fully saturated rings. The Balaban J connectivity index is 2.90. The lowest BCUT2D eigenvalue weighted by molar-refractivity contribution is 0.512. The first-order chi connectivity index (χ1) is 8.51. The van der Waals surface area contributed by atoms with Gasteiger partial charge in [0.05, 0.1) is 10.6 Å². The van der Waals surface area contributed by atoms with Gasteiger partial charge < -0.3 is 5.32 Å². The maximum Gasteiger partial charge on any atom is 0.181 e. The molecule has 1 rings (SSSR count). The van der Waals surface area contributed by atoms with E-state index in [0.29, 0.717) is 9.37 Å². The minimum atomic E-state index is -3.24. The fourth-order valence-electron chi connectivity index (χ4n) is 1.93. The number of sulfone groups is 1. The summed E-state index contributed by atoms with van der Waals surface area (Å²) in [6, 6.07) is 7.00. The van der Waals surface area contributed by atoms with Gasteiger partial charge in [-0.15, -0.1) is 0 Å². The highest BCUT2D eigenvalue weighted by molar-refractivity contribution is 9.10. The predicted molar refractivity (Wildman–Crippen MR) is 78.6 cm³/mol. The summed E-state index contributed by atoms with van der Waals surface area (Å²) in [4.78, 5) is 0.379. The Kier molecular flexibility index (Phi) is 6.32. The van der Waals surface area contributed by atoms with E-state index in [1.54, 1.807) is 18.2 Å². The Bertz CT molecular complexity index is 468. The van der Waals surface area contributed by atoms with Gasteiger partial charge in [-0.2, -0.15) is 0 Å². The Morgan fingerprint density at radius 2 is 1.94 bits per heavy atom. The zero-order valence-electron chi connectivity index (χ0n) is 10.8. The van der Waals surface area contributed by atoms with Gasteiger partial charge in [0.2, 0.25) is 0 Å². The van der Waals surface area contributed by atoms with Crippen LogP contribution >= 0.6 is 15.9 Å². The summed E-state index contributed by atoms with van der Waals surface area (Å²) in [5.41, 5.74) is 0. The van der Waals surface area contributed by atoms with Gasteiger partial charge >= 0.3 is 0 Å². The summed E-state index contributed by atoms with van der Waals surface area (Å²) < 4.78 is 25.3. The third kappa shape index (κ3) is 4.37. The number of hydrogen-bond donors (Lipinski definition) is 1. The summed E-state index contributed by atoms with van der Waals surface area (Å²) in [6.45, 7) is 4.85. The van der Waals surface area contributed by atoms with E-state index in [1.807, 2.05) is 13.0 Å². The van der Waals surface area contributed by atoms with Crippen LogP contribution in [-0.4, -0.2) is 26.8 Å². The smallest absolute Gasteiger partial charge is 0.181 e. The Morgan fingerprint density at radius 3 is 2.50 bits per heavy atom. The van der Waals surface area contributed by atoms with E-state index in [2.05, 4.69) is 28.2 Å². The standard InChI is InChI=1S/C13H20BrNO2S/c1-3-7-11(15-4-2)10-18(16,17)13-9-6-5-8-12(13)14/h5-6,8-9,11,15H,3-4,7,10H2,1-2H3. The summed E-state index contributed by atoms with van der Waals surface area (Å²) >= 11 is 3.30. The molecular formula is C13H20BrNO2S. The predicted octanol–water partition coefficient (Wildman–Crippen LogP) is 3.00. The van der Waals surface area contributed by atoms with Gasteiger partial charge in [-0.25, -0.2) is 8.42 Å². The molecule has 102 valence electrons. The minimum absolute atomic E-state index is 0.0251. The summed E-state index contributed by atoms with van der Waals surface area (Å²) in [7, 11) is -3.24. The maximum absolute atomic E-state index is 12.3. The third-order valence-electron chi connectivity index (χ3n) is 2.72. The minimum Gasteiger partial charge on any atom is -0.313 e. The first-order valence-electron chi connectivity index (χ1n) is 6.22. The molecule has 18 heavy (non-hydrogen) atoms. The summed E-state index contributed by atoms with van der Waals surface area (Å²) in [5, 5.41) is 3.23. The molecule has 3 nitrogen and oxygen atoms in total. The summed E-state index contributed by atoms with van der Waals surface area (Å²) in [5.74, 6) is 0.150. The van der Waals surface area contributed by atoms with Crippen LogP contribution in [0.4, 0.5) is 0 Å². The molecular weight excluding hydrogens is 314 g/mol. The Hall–Kier alpha value is -0.390. The molecule has 0 amide bonds. The highest BCUT2D eigenvalue weighted by Gasteiger charge is 2.22. The molecule has 0 aromatic heterocycles. The molecule has 0 bridgehead atoms. The molecule has 5 heteroatoms. The van der Waals surface area contributed by atoms with Crippen molar-refractivity contribution in [3.05, 3.63) is 28.7 Å². The molecule has 0 radical (unpaired) electrons. The third-order valence-corrected chi connectivity index (χ3v) is 5.54. The van der Waals surface area contributed by atoms with E-state index >= 15 is 0 Å². The van der Waals surface area contributed by atoms with Crippen LogP contribution in [0.3, 0.4) is 0 Å². The van der Waals surface area contributed by atoms with Crippen molar-refractivity contribution in [3.63, 3.8) is 0 Å². The number of rotatable bonds is 7. The second kappa shape index (κ2) is 7.26. The molecule has 0 aliphatic rings. The zero-order valence-corrected chi connectivity index (χ0v) is 13.2. The molecule has 0 aliphatic carbocycles. The molecule has 0 saturated heterocycles. The van der Waals surface area contributed by atoms with E-state index in [0.717, 1.165) is 19.4 Å². The molecule has 0 heterocycles. The first kappa shape index (κ1) is 15.7. The van der Waals surface area contributed by atoms with Crippen molar-refractivity contribution >= 4 is 25.8 Å². The lowest BCUT2D eigenvalue weighted by Crippen LogP contribution is -2.35. The van der Waals surface area contributed by atoms with Gasteiger partial charge in [-0.05, 0) is 41.0 Å². The fourth-order valence-corrected chi connectivity index (χ4v) is 4.60. The normalized spacial score (nSPS) is 13.5. The fraction of sp³-hybridized carbons (Fsp3) is 0.538. The lowest BCUT2D eigenvalue weighted by atomic mass is 10.2. The molecule has 0 aliphatic heterocycles. The van der Waals surface area contributed by atoms with Crippen LogP contribution in [0.15, 0.2) is 33.6 Å². The Morgan fingerprint density at radius 1 is 1.28 bits per heavy atom. The van der Waals surface area contributed by atoms with E-state index in [-0.39, 0.29) is 11.8 Å². The van der Waals surface area contributed by atoms with Crippen molar-refractivity contribution in [3.8, 4) is 0 Å². The second-order valence-electron chi connectivity index (χ2n) is 4.26. The van der Waals surface area contributed by atoms with E-state index < -0.39 is 9.84 Å². The lowest BCUT2D eigenvalue weighted by Gasteiger charge is -2.17. The van der Waals surface area contributed by atoms with Crippen LogP contribution in [0.1, 0.15) is 26.7 Å². The van der Waals surface area contributed by atoms with E-state index in [1.165, 1.54) is 0 Å². The molecule has 0 spiro atoms. The van der Waals surface area contributed by atoms with Gasteiger partial charge in [0.25, 0.3) is 0 Å². The molecule has 1 aromatic rings. The van der Waals surface area contributed by atoms with Crippen LogP contribution in [0.2, 0.25) is 0 Å². The van der Waals surface area contributed by atoms with Crippen molar-refractivity contribution in [2.75, 3.05) is 12.3 Å². The van der Waals surface area contributed by atoms with Gasteiger partial charge in [-0.3, -0.25) is 0 Å². The van der Waals surface area contributed by atoms with Crippen molar-refractivity contribution in [1.82, 2.24) is 5.32 Å². The number of halogens is 1. The van der Waals surface area contributed by atoms with E-state index in [9.17, 15) is 8.42 Å². The van der Waals surface area contributed by atoms with Crippen LogP contribution < -0.4 is 5.32 Å². The number of benzene rings is 1. The maximum atomic E-state index is 12.3. The Labute approximate surface area is 118 Å². The van der Waals surface area contributed by atoms with Crippen LogP contribution in [0.25, 0.3) is 0 Å². The quantitative estimate of drug-likeness (QED) is 0.834. The van der Waals surface area contributed by atoms with Gasteiger partial charge in [-0.1, -0.05) is 32.4 Å². The van der Waals surface area contributed by atoms with Gasteiger partial charge in [0.15, 0.2) is 9.84 Å². The van der Waals surface area contributed by atoms with Crippen molar-refractivity contribution in [2.24, 2.45) is 0 Å². The highest BCUT2D eigenvalue weighted by Crippen LogP contribution is 2.23. The highest BCUT2D eigenvalue weighted by atomic mass is 79.9. The largest absolute Gasteiger partial charge is 0.313 e. The van der Waals surface area contributed by atoms with Crippen LogP contribution in [-0.2, 0) is 9.84 Å². The van der Waals surface area contributed by atoms with Crippen molar-refractivity contribution in [2.45, 2.75) is 37.6 Å². The topological polar surface area (TPSA) is 46.2 Å². The SMILES string of the molecule is CCCC(CS(=O)(=O)c1ccccc1Br)NCC. The van der Waals surface area contributed by atoms with Gasteiger partial charge in [0.1, 0.15) is 0 Å². The molecule has 0 saturated carbocycles. The molecule has 1 N–H and O–H groups in total. The number of nitrogens with one attached hydrogen (secondary N) is 1. The van der Waals surface area contributed by atoms with Crippen molar-refractivity contribution < 1.29 is 8.42 Å². The molecule has 1 atom stereocenters. The first-order valence-corrected chi connectivity index (χ1v) is 8.66. The van der Waals surface area contributed by atoms with Crippen LogP contribution in [0, 0.1) is 0 Å². The number of hydrogen-bond acceptors (Lipinski definition) is 3. The monoisotopic (exact) mass is 333 g/mol. The average molecular weight is 334 g/mol. The van der Waals surface area contributed by atoms with Crippen LogP contribution in [0.5, 0.6) is 0 Å². The van der Waals surface area contributed by atoms with Gasteiger partial charge in [0, 0.05) is 10.5 Å². The zero-order chi connectivity index (χ0) is 13.6. The van der Waals surface area contributed by atoms with Crippen molar-refractivity contribution in [1.29, 1.82) is 0 Å². The second-order valence-corrected chi connectivity index (χ2v) is 7.11. The van der Waals surface area contributed by atoms with E-state index in [4.69, 9.17) is 0 Å². The molecule has 1 unspecified atom stereocenters. The average Bonchev–Trinajstić information content (AvgIpc) is 2.29. The molecule has 1 aromatic carbocycles.